The molecular formula is C33H36N2O3S. The summed E-state index contributed by atoms with van der Waals surface area (Å²) in [5.41, 5.74) is 13.6. The van der Waals surface area contributed by atoms with Crippen molar-refractivity contribution in [1.29, 1.82) is 0 Å². The van der Waals surface area contributed by atoms with Crippen LogP contribution in [-0.2, 0) is 11.2 Å². The molecule has 0 saturated carbocycles. The lowest BCUT2D eigenvalue weighted by Crippen LogP contribution is -2.41. The molecule has 4 rings (SSSR count). The molecule has 1 amide bonds. The van der Waals surface area contributed by atoms with E-state index in [0.717, 1.165) is 34.4 Å². The maximum absolute atomic E-state index is 12.8. The second kappa shape index (κ2) is 14.8. The highest BCUT2D eigenvalue weighted by Crippen LogP contribution is 2.28. The number of para-hydroxylation sites is 1. The van der Waals surface area contributed by atoms with Gasteiger partial charge in [0.2, 0.25) is 0 Å². The molecule has 1 atom stereocenters. The van der Waals surface area contributed by atoms with Crippen LogP contribution in [0.2, 0.25) is 0 Å². The molecular weight excluding hydrogens is 504 g/mol. The number of amides is 1. The normalized spacial score (nSPS) is 11.2. The largest absolute Gasteiger partial charge is 0.480 e. The molecule has 5 nitrogen and oxygen atoms in total. The average Bonchev–Trinajstić information content (AvgIpc) is 2.93. The van der Waals surface area contributed by atoms with Crippen molar-refractivity contribution in [3.63, 3.8) is 0 Å². The molecule has 1 unspecified atom stereocenters. The highest BCUT2D eigenvalue weighted by atomic mass is 32.2. The van der Waals surface area contributed by atoms with E-state index in [1.807, 2.05) is 80.8 Å². The molecule has 4 aromatic rings. The van der Waals surface area contributed by atoms with E-state index < -0.39 is 12.0 Å². The van der Waals surface area contributed by atoms with Crippen molar-refractivity contribution in [2.45, 2.75) is 32.7 Å². The zero-order chi connectivity index (χ0) is 28.2. The minimum atomic E-state index is -1.01. The molecule has 0 radical (unpaired) electrons. The first-order valence-corrected chi connectivity index (χ1v) is 14.3. The van der Waals surface area contributed by atoms with E-state index in [1.54, 1.807) is 17.8 Å². The number of thioether (sulfide) groups is 1. The number of carbonyl (C=O) groups excluding carboxylic acids is 1. The molecule has 0 fully saturated rings. The first kappa shape index (κ1) is 29.5. The molecule has 39 heavy (non-hydrogen) atoms. The standard InChI is InChI=1S/C20H23NO3S.C13H13N/c1-13-8-9-16(17(12-13)15-7-5-4-6-14(15)2)19(22)21-18(20(23)24)10-11-25-3;14-13-9-5-4-8-12(13)10-11-6-2-1-3-7-11/h4-9,12,18H,10-11H2,1-3H3,(H,21,22)(H,23,24);1-9H,10,14H2. The predicted molar refractivity (Wildman–Crippen MR) is 163 cm³/mol. The quantitative estimate of drug-likeness (QED) is 0.204. The predicted octanol–water partition coefficient (Wildman–Crippen LogP) is 6.77. The highest BCUT2D eigenvalue weighted by molar-refractivity contribution is 7.98. The lowest BCUT2D eigenvalue weighted by atomic mass is 9.94. The molecule has 4 aromatic carbocycles. The van der Waals surface area contributed by atoms with Crippen molar-refractivity contribution < 1.29 is 14.7 Å². The van der Waals surface area contributed by atoms with E-state index in [2.05, 4.69) is 35.6 Å². The fourth-order valence-electron chi connectivity index (χ4n) is 4.19. The number of anilines is 1. The number of rotatable bonds is 9. The number of hydrogen-bond donors (Lipinski definition) is 3. The molecule has 0 spiro atoms. The minimum absolute atomic E-state index is 0.355. The zero-order valence-electron chi connectivity index (χ0n) is 22.7. The average molecular weight is 541 g/mol. The molecule has 0 aliphatic heterocycles. The maximum atomic E-state index is 12.8. The summed E-state index contributed by atoms with van der Waals surface area (Å²) < 4.78 is 0. The number of nitrogens with two attached hydrogens (primary N) is 1. The lowest BCUT2D eigenvalue weighted by molar-refractivity contribution is -0.139. The Morgan fingerprint density at radius 2 is 1.54 bits per heavy atom. The van der Waals surface area contributed by atoms with Crippen LogP contribution in [0.15, 0.2) is 97.1 Å². The van der Waals surface area contributed by atoms with Crippen molar-refractivity contribution >= 4 is 29.3 Å². The number of aryl methyl sites for hydroxylation is 2. The summed E-state index contributed by atoms with van der Waals surface area (Å²) in [5.74, 6) is -0.686. The van der Waals surface area contributed by atoms with E-state index in [4.69, 9.17) is 5.73 Å². The summed E-state index contributed by atoms with van der Waals surface area (Å²) in [6.45, 7) is 3.97. The molecule has 202 valence electrons. The number of aliphatic carboxylic acids is 1. The van der Waals surface area contributed by atoms with Gasteiger partial charge in [-0.3, -0.25) is 4.79 Å². The molecule has 0 heterocycles. The molecule has 0 aliphatic carbocycles. The van der Waals surface area contributed by atoms with Gasteiger partial charge in [0.15, 0.2) is 0 Å². The summed E-state index contributed by atoms with van der Waals surface area (Å²) in [5, 5.41) is 12.0. The Morgan fingerprint density at radius 1 is 0.872 bits per heavy atom. The van der Waals surface area contributed by atoms with Crippen LogP contribution < -0.4 is 11.1 Å². The number of nitrogens with one attached hydrogen (secondary N) is 1. The molecule has 4 N–H and O–H groups in total. The Hall–Kier alpha value is -4.03. The van der Waals surface area contributed by atoms with Crippen molar-refractivity contribution in [2.24, 2.45) is 0 Å². The summed E-state index contributed by atoms with van der Waals surface area (Å²) in [4.78, 5) is 24.2. The van der Waals surface area contributed by atoms with Crippen molar-refractivity contribution in [1.82, 2.24) is 5.32 Å². The SMILES string of the molecule is CSCCC(NC(=O)c1ccc(C)cc1-c1ccccc1C)C(=O)O.Nc1ccccc1Cc1ccccc1. The van der Waals surface area contributed by atoms with Gasteiger partial charge in [0.25, 0.3) is 5.91 Å². The summed E-state index contributed by atoms with van der Waals surface area (Å²) in [7, 11) is 0. The third-order valence-corrected chi connectivity index (χ3v) is 7.01. The zero-order valence-corrected chi connectivity index (χ0v) is 23.5. The molecule has 0 saturated heterocycles. The third-order valence-electron chi connectivity index (χ3n) is 6.36. The molecule has 6 heteroatoms. The van der Waals surface area contributed by atoms with Gasteiger partial charge >= 0.3 is 5.97 Å². The highest BCUT2D eigenvalue weighted by Gasteiger charge is 2.22. The molecule has 0 aromatic heterocycles. The van der Waals surface area contributed by atoms with Gasteiger partial charge in [-0.2, -0.15) is 11.8 Å². The van der Waals surface area contributed by atoms with Crippen LogP contribution >= 0.6 is 11.8 Å². The van der Waals surface area contributed by atoms with Gasteiger partial charge < -0.3 is 16.2 Å². The lowest BCUT2D eigenvalue weighted by Gasteiger charge is -2.17. The Bertz CT molecular complexity index is 1390. The first-order chi connectivity index (χ1) is 18.8. The van der Waals surface area contributed by atoms with Gasteiger partial charge in [-0.25, -0.2) is 4.79 Å². The fraction of sp³-hybridized carbons (Fsp3) is 0.212. The Labute approximate surface area is 235 Å². The topological polar surface area (TPSA) is 92.4 Å². The van der Waals surface area contributed by atoms with Gasteiger partial charge in [0, 0.05) is 11.3 Å². The van der Waals surface area contributed by atoms with Crippen LogP contribution in [0.1, 0.15) is 39.0 Å². The summed E-state index contributed by atoms with van der Waals surface area (Å²) >= 11 is 1.56. The van der Waals surface area contributed by atoms with Crippen molar-refractivity contribution in [3.8, 4) is 11.1 Å². The van der Waals surface area contributed by atoms with Gasteiger partial charge in [-0.15, -0.1) is 0 Å². The van der Waals surface area contributed by atoms with Gasteiger partial charge in [-0.1, -0.05) is 90.5 Å². The molecule has 0 aliphatic rings. The fourth-order valence-corrected chi connectivity index (χ4v) is 4.67. The van der Waals surface area contributed by atoms with Crippen LogP contribution in [0.4, 0.5) is 5.69 Å². The van der Waals surface area contributed by atoms with Crippen LogP contribution in [0.25, 0.3) is 11.1 Å². The minimum Gasteiger partial charge on any atom is -0.480 e. The van der Waals surface area contributed by atoms with Crippen molar-refractivity contribution in [3.05, 3.63) is 125 Å². The van der Waals surface area contributed by atoms with Crippen LogP contribution in [0.3, 0.4) is 0 Å². The number of benzene rings is 4. The van der Waals surface area contributed by atoms with E-state index in [0.29, 0.717) is 17.7 Å². The summed E-state index contributed by atoms with van der Waals surface area (Å²) in [6, 6.07) is 30.9. The van der Waals surface area contributed by atoms with Gasteiger partial charge in [0.1, 0.15) is 6.04 Å². The maximum Gasteiger partial charge on any atom is 0.326 e. The Morgan fingerprint density at radius 3 is 2.21 bits per heavy atom. The number of carboxylic acids is 1. The van der Waals surface area contributed by atoms with E-state index in [1.165, 1.54) is 11.1 Å². The van der Waals surface area contributed by atoms with Crippen LogP contribution in [0, 0.1) is 13.8 Å². The Balaban J connectivity index is 0.000000252. The summed E-state index contributed by atoms with van der Waals surface area (Å²) in [6.07, 6.45) is 3.22. The molecule has 0 bridgehead atoms. The van der Waals surface area contributed by atoms with Crippen LogP contribution in [-0.4, -0.2) is 35.0 Å². The number of nitrogen functional groups attached to an aromatic ring is 1. The number of hydrogen-bond acceptors (Lipinski definition) is 4. The second-order valence-corrected chi connectivity index (χ2v) is 10.4. The number of carboxylic acid groups (broad SMARTS) is 1. The van der Waals surface area contributed by atoms with Crippen LogP contribution in [0.5, 0.6) is 0 Å². The second-order valence-electron chi connectivity index (χ2n) is 9.37. The Kier molecular flexibility index (Phi) is 11.2. The van der Waals surface area contributed by atoms with Crippen molar-refractivity contribution in [2.75, 3.05) is 17.7 Å². The number of carbonyl (C=O) groups is 2. The van der Waals surface area contributed by atoms with Gasteiger partial charge in [0.05, 0.1) is 0 Å². The van der Waals surface area contributed by atoms with Gasteiger partial charge in [-0.05, 0) is 78.6 Å². The third kappa shape index (κ3) is 8.76. The van der Waals surface area contributed by atoms with E-state index >= 15 is 0 Å². The van der Waals surface area contributed by atoms with E-state index in [9.17, 15) is 14.7 Å². The monoisotopic (exact) mass is 540 g/mol. The smallest absolute Gasteiger partial charge is 0.326 e. The van der Waals surface area contributed by atoms with E-state index in [-0.39, 0.29) is 5.91 Å². The first-order valence-electron chi connectivity index (χ1n) is 12.9.